The van der Waals surface area contributed by atoms with Gasteiger partial charge in [0.05, 0.1) is 5.69 Å². The molecule has 0 atom stereocenters. The number of carbonyl (C=O) groups excluding carboxylic acids is 2. The molecule has 0 saturated carbocycles. The molecule has 35 heavy (non-hydrogen) atoms. The number of anilines is 2. The van der Waals surface area contributed by atoms with Gasteiger partial charge in [0.25, 0.3) is 11.8 Å². The second-order valence-electron chi connectivity index (χ2n) is 8.76. The SMILES string of the molecule is CCCCc1ccc(NC2=C(Sc3ccccc3)C(=O)N(c3ccc(CCCC)cc3)C2=O)cc1. The van der Waals surface area contributed by atoms with Gasteiger partial charge >= 0.3 is 0 Å². The molecule has 0 spiro atoms. The Bertz CT molecular complexity index is 1190. The van der Waals surface area contributed by atoms with Crippen molar-refractivity contribution in [1.82, 2.24) is 0 Å². The lowest BCUT2D eigenvalue weighted by molar-refractivity contribution is -0.120. The van der Waals surface area contributed by atoms with Crippen LogP contribution in [0.15, 0.2) is 94.4 Å². The van der Waals surface area contributed by atoms with E-state index in [2.05, 4.69) is 31.3 Å². The van der Waals surface area contributed by atoms with Crippen LogP contribution in [0.1, 0.15) is 50.7 Å². The molecule has 1 aliphatic rings. The summed E-state index contributed by atoms with van der Waals surface area (Å²) in [5.41, 5.74) is 4.19. The van der Waals surface area contributed by atoms with Crippen molar-refractivity contribution in [2.24, 2.45) is 0 Å². The Balaban J connectivity index is 1.62. The second kappa shape index (κ2) is 11.9. The van der Waals surface area contributed by atoms with Crippen LogP contribution in [0.3, 0.4) is 0 Å². The van der Waals surface area contributed by atoms with Gasteiger partial charge < -0.3 is 5.32 Å². The summed E-state index contributed by atoms with van der Waals surface area (Å²) >= 11 is 1.32. The van der Waals surface area contributed by atoms with E-state index in [0.717, 1.165) is 49.1 Å². The smallest absolute Gasteiger partial charge is 0.283 e. The Kier molecular flexibility index (Phi) is 8.43. The van der Waals surface area contributed by atoms with Crippen molar-refractivity contribution < 1.29 is 9.59 Å². The zero-order chi connectivity index (χ0) is 24.6. The Hall–Kier alpha value is -3.31. The lowest BCUT2D eigenvalue weighted by atomic mass is 10.1. The molecule has 5 heteroatoms. The number of amides is 2. The summed E-state index contributed by atoms with van der Waals surface area (Å²) < 4.78 is 0. The van der Waals surface area contributed by atoms with Crippen LogP contribution in [0.25, 0.3) is 0 Å². The minimum atomic E-state index is -0.329. The van der Waals surface area contributed by atoms with E-state index in [4.69, 9.17) is 0 Å². The summed E-state index contributed by atoms with van der Waals surface area (Å²) in [5, 5.41) is 3.26. The number of aryl methyl sites for hydroxylation is 2. The van der Waals surface area contributed by atoms with Gasteiger partial charge in [-0.05, 0) is 73.2 Å². The van der Waals surface area contributed by atoms with Crippen LogP contribution in [-0.2, 0) is 22.4 Å². The second-order valence-corrected chi connectivity index (χ2v) is 9.84. The molecule has 180 valence electrons. The topological polar surface area (TPSA) is 49.4 Å². The fourth-order valence-corrected chi connectivity index (χ4v) is 4.98. The lowest BCUT2D eigenvalue weighted by Gasteiger charge is -2.16. The first kappa shape index (κ1) is 24.8. The molecule has 0 fully saturated rings. The van der Waals surface area contributed by atoms with E-state index in [1.807, 2.05) is 66.7 Å². The predicted molar refractivity (Wildman–Crippen MR) is 146 cm³/mol. The zero-order valence-electron chi connectivity index (χ0n) is 20.4. The fraction of sp³-hybridized carbons (Fsp3) is 0.267. The van der Waals surface area contributed by atoms with Crippen molar-refractivity contribution in [1.29, 1.82) is 0 Å². The maximum absolute atomic E-state index is 13.6. The first-order valence-corrected chi connectivity index (χ1v) is 13.2. The number of hydrogen-bond donors (Lipinski definition) is 1. The van der Waals surface area contributed by atoms with Gasteiger partial charge in [0, 0.05) is 10.6 Å². The Morgan fingerprint density at radius 1 is 0.714 bits per heavy atom. The molecule has 0 radical (unpaired) electrons. The summed E-state index contributed by atoms with van der Waals surface area (Å²) in [4.78, 5) is 29.7. The van der Waals surface area contributed by atoms with Gasteiger partial charge in [0.15, 0.2) is 0 Å². The highest BCUT2D eigenvalue weighted by Gasteiger charge is 2.40. The average Bonchev–Trinajstić information content (AvgIpc) is 3.12. The van der Waals surface area contributed by atoms with Crippen LogP contribution in [0.4, 0.5) is 11.4 Å². The van der Waals surface area contributed by atoms with Gasteiger partial charge in [-0.3, -0.25) is 9.59 Å². The van der Waals surface area contributed by atoms with E-state index in [1.54, 1.807) is 0 Å². The van der Waals surface area contributed by atoms with E-state index in [1.165, 1.54) is 27.8 Å². The Labute approximate surface area is 212 Å². The highest BCUT2D eigenvalue weighted by molar-refractivity contribution is 8.04. The van der Waals surface area contributed by atoms with Crippen LogP contribution in [0.2, 0.25) is 0 Å². The molecule has 4 nitrogen and oxygen atoms in total. The van der Waals surface area contributed by atoms with Gasteiger partial charge in [-0.15, -0.1) is 0 Å². The molecule has 3 aromatic carbocycles. The van der Waals surface area contributed by atoms with Gasteiger partial charge in [-0.2, -0.15) is 0 Å². The first-order chi connectivity index (χ1) is 17.1. The largest absolute Gasteiger partial charge is 0.350 e. The number of rotatable bonds is 11. The Morgan fingerprint density at radius 2 is 1.29 bits per heavy atom. The number of nitrogens with zero attached hydrogens (tertiary/aromatic N) is 1. The van der Waals surface area contributed by atoms with Crippen molar-refractivity contribution >= 4 is 35.0 Å². The van der Waals surface area contributed by atoms with E-state index in [-0.39, 0.29) is 11.8 Å². The molecule has 1 N–H and O–H groups in total. The van der Waals surface area contributed by atoms with E-state index in [0.29, 0.717) is 16.3 Å². The quantitative estimate of drug-likeness (QED) is 0.289. The molecular formula is C30H32N2O2S. The number of carbonyl (C=O) groups is 2. The van der Waals surface area contributed by atoms with Crippen molar-refractivity contribution in [3.8, 4) is 0 Å². The summed E-state index contributed by atoms with van der Waals surface area (Å²) in [6.07, 6.45) is 6.57. The third-order valence-electron chi connectivity index (χ3n) is 6.06. The third kappa shape index (κ3) is 6.04. The lowest BCUT2D eigenvalue weighted by Crippen LogP contribution is -2.32. The molecular weight excluding hydrogens is 452 g/mol. The van der Waals surface area contributed by atoms with Gasteiger partial charge in [0.2, 0.25) is 0 Å². The minimum Gasteiger partial charge on any atom is -0.350 e. The maximum atomic E-state index is 13.6. The highest BCUT2D eigenvalue weighted by atomic mass is 32.2. The molecule has 0 bridgehead atoms. The first-order valence-electron chi connectivity index (χ1n) is 12.4. The van der Waals surface area contributed by atoms with E-state index in [9.17, 15) is 9.59 Å². The minimum absolute atomic E-state index is 0.299. The highest BCUT2D eigenvalue weighted by Crippen LogP contribution is 2.38. The number of hydrogen-bond acceptors (Lipinski definition) is 4. The normalized spacial score (nSPS) is 13.6. The number of benzene rings is 3. The zero-order valence-corrected chi connectivity index (χ0v) is 21.2. The molecule has 0 aliphatic carbocycles. The Morgan fingerprint density at radius 3 is 1.86 bits per heavy atom. The molecule has 1 aliphatic heterocycles. The molecule has 0 saturated heterocycles. The standard InChI is InChI=1S/C30H32N2O2S/c1-3-5-10-22-14-18-24(19-15-22)31-27-28(35-26-12-8-7-9-13-26)30(34)32(29(27)33)25-20-16-23(17-21-25)11-6-4-2/h7-9,12-21,31H,3-6,10-11H2,1-2H3. The van der Waals surface area contributed by atoms with Crippen molar-refractivity contribution in [2.75, 3.05) is 10.2 Å². The fourth-order valence-electron chi connectivity index (χ4n) is 4.03. The molecule has 1 heterocycles. The molecule has 0 aromatic heterocycles. The van der Waals surface area contributed by atoms with Crippen LogP contribution in [-0.4, -0.2) is 11.8 Å². The van der Waals surface area contributed by atoms with Crippen LogP contribution in [0.5, 0.6) is 0 Å². The van der Waals surface area contributed by atoms with Gasteiger partial charge in [0.1, 0.15) is 10.6 Å². The van der Waals surface area contributed by atoms with E-state index < -0.39 is 0 Å². The van der Waals surface area contributed by atoms with Crippen LogP contribution < -0.4 is 10.2 Å². The summed E-state index contributed by atoms with van der Waals surface area (Å²) in [6, 6.07) is 25.6. The van der Waals surface area contributed by atoms with Gasteiger partial charge in [-0.25, -0.2) is 4.90 Å². The molecule has 4 rings (SSSR count). The molecule has 3 aromatic rings. The number of thioether (sulfide) groups is 1. The third-order valence-corrected chi connectivity index (χ3v) is 7.15. The van der Waals surface area contributed by atoms with Crippen LogP contribution in [0, 0.1) is 0 Å². The van der Waals surface area contributed by atoms with Crippen molar-refractivity contribution in [3.05, 3.63) is 101 Å². The predicted octanol–water partition coefficient (Wildman–Crippen LogP) is 7.36. The maximum Gasteiger partial charge on any atom is 0.283 e. The van der Waals surface area contributed by atoms with Gasteiger partial charge in [-0.1, -0.05) is 80.9 Å². The molecule has 2 amide bonds. The average molecular weight is 485 g/mol. The summed E-state index contributed by atoms with van der Waals surface area (Å²) in [7, 11) is 0. The number of nitrogens with one attached hydrogen (secondary N) is 1. The van der Waals surface area contributed by atoms with E-state index >= 15 is 0 Å². The number of unbranched alkanes of at least 4 members (excludes halogenated alkanes) is 2. The summed E-state index contributed by atoms with van der Waals surface area (Å²) in [6.45, 7) is 4.35. The van der Waals surface area contributed by atoms with Crippen molar-refractivity contribution in [2.45, 2.75) is 57.3 Å². The molecule has 0 unspecified atom stereocenters. The summed E-state index contributed by atoms with van der Waals surface area (Å²) in [5.74, 6) is -0.628. The number of imide groups is 1. The monoisotopic (exact) mass is 484 g/mol. The van der Waals surface area contributed by atoms with Crippen LogP contribution >= 0.6 is 11.8 Å². The van der Waals surface area contributed by atoms with Crippen molar-refractivity contribution in [3.63, 3.8) is 0 Å².